The molecule has 0 amide bonds. The second-order valence-electron chi connectivity index (χ2n) is 8.21. The third-order valence-corrected chi connectivity index (χ3v) is 6.77. The van der Waals surface area contributed by atoms with Crippen molar-refractivity contribution in [1.29, 1.82) is 0 Å². The average molecular weight is 538 g/mol. The molecular formula is C22H20F10O2S. The summed E-state index contributed by atoms with van der Waals surface area (Å²) in [6.07, 6.45) is -5.32. The Bertz CT molecular complexity index is 1080. The van der Waals surface area contributed by atoms with E-state index < -0.39 is 56.1 Å². The van der Waals surface area contributed by atoms with Gasteiger partial charge in [-0.3, -0.25) is 0 Å². The number of hydrogen-bond donors (Lipinski definition) is 0. The maximum absolute atomic E-state index is 14.5. The fraction of sp³-hybridized carbons (Fsp3) is 0.364. The predicted molar refractivity (Wildman–Crippen MR) is 110 cm³/mol. The van der Waals surface area contributed by atoms with E-state index in [0.717, 1.165) is 0 Å². The Labute approximate surface area is 194 Å². The second-order valence-corrected chi connectivity index (χ2v) is 10.6. The molecule has 1 aliphatic carbocycles. The Morgan fingerprint density at radius 1 is 0.800 bits per heavy atom. The highest BCUT2D eigenvalue weighted by molar-refractivity contribution is 8.45. The molecule has 3 rings (SSSR count). The number of allylic oxidation sites excluding steroid dienone is 1. The molecule has 0 spiro atoms. The molecule has 0 aliphatic heterocycles. The monoisotopic (exact) mass is 538 g/mol. The largest absolute Gasteiger partial charge is 0.432 e. The average Bonchev–Trinajstić information content (AvgIpc) is 2.71. The molecule has 0 N–H and O–H groups in total. The smallest absolute Gasteiger partial charge is 0.429 e. The Morgan fingerprint density at radius 3 is 1.83 bits per heavy atom. The van der Waals surface area contributed by atoms with E-state index in [2.05, 4.69) is 16.1 Å². The van der Waals surface area contributed by atoms with Crippen LogP contribution in [0.15, 0.2) is 60.0 Å². The van der Waals surface area contributed by atoms with Gasteiger partial charge in [-0.1, -0.05) is 25.5 Å². The predicted octanol–water partition coefficient (Wildman–Crippen LogP) is 9.58. The van der Waals surface area contributed by atoms with Crippen molar-refractivity contribution in [2.24, 2.45) is 11.8 Å². The zero-order valence-corrected chi connectivity index (χ0v) is 18.6. The molecule has 2 nitrogen and oxygen atoms in total. The summed E-state index contributed by atoms with van der Waals surface area (Å²) in [5, 5.41) is 0. The molecule has 1 aliphatic rings. The third-order valence-electron chi connectivity index (χ3n) is 5.60. The first-order valence-corrected chi connectivity index (χ1v) is 12.2. The van der Waals surface area contributed by atoms with Gasteiger partial charge in [-0.15, -0.1) is 6.58 Å². The van der Waals surface area contributed by atoms with Gasteiger partial charge in [-0.05, 0) is 68.0 Å². The normalized spacial score (nSPS) is 21.5. The lowest BCUT2D eigenvalue weighted by Gasteiger charge is -2.40. The molecule has 0 heterocycles. The van der Waals surface area contributed by atoms with Crippen molar-refractivity contribution < 1.29 is 50.9 Å². The summed E-state index contributed by atoms with van der Waals surface area (Å²) in [6.45, 7) is 3.62. The number of rotatable bonds is 8. The Kier molecular flexibility index (Phi) is 6.36. The summed E-state index contributed by atoms with van der Waals surface area (Å²) >= 11 is 0. The number of alkyl halides is 4. The van der Waals surface area contributed by atoms with Gasteiger partial charge >= 0.3 is 22.4 Å². The molecule has 0 bridgehead atoms. The van der Waals surface area contributed by atoms with Gasteiger partial charge in [0.15, 0.2) is 0 Å². The van der Waals surface area contributed by atoms with Gasteiger partial charge in [0, 0.05) is 6.07 Å². The molecule has 0 saturated heterocycles. The van der Waals surface area contributed by atoms with Crippen LogP contribution in [-0.4, -0.2) is 6.11 Å². The van der Waals surface area contributed by atoms with Gasteiger partial charge in [-0.2, -0.15) is 17.6 Å². The first kappa shape index (κ1) is 27.0. The van der Waals surface area contributed by atoms with Gasteiger partial charge in [0.1, 0.15) is 27.8 Å². The van der Waals surface area contributed by atoms with Crippen LogP contribution in [-0.2, 0) is 6.11 Å². The highest BCUT2D eigenvalue weighted by atomic mass is 32.5. The summed E-state index contributed by atoms with van der Waals surface area (Å²) in [5.74, 6) is -4.45. The molecule has 2 aromatic carbocycles. The number of halogens is 10. The van der Waals surface area contributed by atoms with Gasteiger partial charge in [0.05, 0.1) is 5.92 Å². The van der Waals surface area contributed by atoms with Gasteiger partial charge in [0.2, 0.25) is 0 Å². The second kappa shape index (κ2) is 8.24. The molecule has 35 heavy (non-hydrogen) atoms. The first-order valence-electron chi connectivity index (χ1n) is 10.2. The van der Waals surface area contributed by atoms with Crippen LogP contribution >= 0.6 is 10.2 Å². The Balaban J connectivity index is 1.73. The Hall–Kier alpha value is -2.57. The van der Waals surface area contributed by atoms with Crippen molar-refractivity contribution >= 4 is 10.2 Å². The molecule has 0 aromatic heterocycles. The summed E-state index contributed by atoms with van der Waals surface area (Å²) < 4.78 is 145. The molecule has 0 unspecified atom stereocenters. The minimum absolute atomic E-state index is 0.101. The SMILES string of the molecule is C=CC1CCC(C(F)(F)Oc2ccc(C(F)(F)Oc3ccc(S(F)(F)(F)(F)F)cc3)c(F)c2)CC1. The Morgan fingerprint density at radius 2 is 1.34 bits per heavy atom. The van der Waals surface area contributed by atoms with E-state index in [4.69, 9.17) is 0 Å². The van der Waals surface area contributed by atoms with Crippen molar-refractivity contribution in [3.63, 3.8) is 0 Å². The van der Waals surface area contributed by atoms with E-state index in [-0.39, 0.29) is 43.0 Å². The molecule has 1 fully saturated rings. The molecule has 2 aromatic rings. The van der Waals surface area contributed by atoms with Crippen molar-refractivity contribution in [1.82, 2.24) is 0 Å². The summed E-state index contributed by atoms with van der Waals surface area (Å²) in [6, 6.07) is 1.52. The minimum Gasteiger partial charge on any atom is -0.432 e. The molecule has 1 saturated carbocycles. The fourth-order valence-electron chi connectivity index (χ4n) is 3.69. The van der Waals surface area contributed by atoms with E-state index in [1.165, 1.54) is 0 Å². The van der Waals surface area contributed by atoms with Gasteiger partial charge < -0.3 is 9.47 Å². The van der Waals surface area contributed by atoms with E-state index in [9.17, 15) is 41.4 Å². The van der Waals surface area contributed by atoms with Crippen LogP contribution in [0.2, 0.25) is 0 Å². The lowest BCUT2D eigenvalue weighted by molar-refractivity contribution is -0.223. The maximum atomic E-state index is 14.5. The van der Waals surface area contributed by atoms with Crippen molar-refractivity contribution in [2.75, 3.05) is 0 Å². The maximum Gasteiger partial charge on any atom is 0.429 e. The van der Waals surface area contributed by atoms with E-state index in [1.54, 1.807) is 6.08 Å². The lowest BCUT2D eigenvalue weighted by atomic mass is 9.81. The summed E-state index contributed by atoms with van der Waals surface area (Å²) in [5.41, 5.74) is -1.43. The summed E-state index contributed by atoms with van der Waals surface area (Å²) in [7, 11) is -10.0. The quantitative estimate of drug-likeness (QED) is 0.246. The molecular weight excluding hydrogens is 518 g/mol. The zero-order chi connectivity index (χ0) is 26.3. The zero-order valence-electron chi connectivity index (χ0n) is 17.8. The highest BCUT2D eigenvalue weighted by Gasteiger charge is 2.65. The van der Waals surface area contributed by atoms with E-state index in [0.29, 0.717) is 31.0 Å². The van der Waals surface area contributed by atoms with Crippen LogP contribution in [0.5, 0.6) is 11.5 Å². The highest BCUT2D eigenvalue weighted by Crippen LogP contribution is 3.02. The lowest BCUT2D eigenvalue weighted by Crippen LogP contribution is -2.37. The fourth-order valence-corrected chi connectivity index (χ4v) is 4.35. The van der Waals surface area contributed by atoms with Crippen LogP contribution < -0.4 is 9.47 Å². The number of hydrogen-bond acceptors (Lipinski definition) is 2. The van der Waals surface area contributed by atoms with Crippen LogP contribution in [0, 0.1) is 17.7 Å². The van der Waals surface area contributed by atoms with Gasteiger partial charge in [0.25, 0.3) is 0 Å². The van der Waals surface area contributed by atoms with Crippen molar-refractivity contribution in [3.05, 3.63) is 66.5 Å². The standard InChI is InChI=1S/C22H20F10O2S/c1-2-14-3-5-15(6-4-14)21(24,25)34-17-9-12-19(20(23)13-17)22(26,27)33-16-7-10-18(11-8-16)35(28,29,30,31)32/h2,7-15H,1,3-6H2. The van der Waals surface area contributed by atoms with Crippen LogP contribution in [0.3, 0.4) is 0 Å². The van der Waals surface area contributed by atoms with E-state index >= 15 is 0 Å². The van der Waals surface area contributed by atoms with E-state index in [1.807, 2.05) is 0 Å². The van der Waals surface area contributed by atoms with Crippen LogP contribution in [0.1, 0.15) is 31.2 Å². The molecule has 0 atom stereocenters. The summed E-state index contributed by atoms with van der Waals surface area (Å²) in [4.78, 5) is -2.33. The topological polar surface area (TPSA) is 18.5 Å². The van der Waals surface area contributed by atoms with Crippen LogP contribution in [0.4, 0.5) is 41.4 Å². The third kappa shape index (κ3) is 6.56. The number of benzene rings is 2. The first-order chi connectivity index (χ1) is 15.8. The molecule has 13 heteroatoms. The van der Waals surface area contributed by atoms with Crippen molar-refractivity contribution in [2.45, 2.75) is 42.8 Å². The minimum atomic E-state index is -10.0. The molecule has 196 valence electrons. The van der Waals surface area contributed by atoms with Crippen molar-refractivity contribution in [3.8, 4) is 11.5 Å². The van der Waals surface area contributed by atoms with Gasteiger partial charge in [-0.25, -0.2) is 4.39 Å². The molecule has 0 radical (unpaired) electrons. The van der Waals surface area contributed by atoms with Crippen LogP contribution in [0.25, 0.3) is 0 Å². The number of ether oxygens (including phenoxy) is 2.